The van der Waals surface area contributed by atoms with Gasteiger partial charge in [-0.05, 0) is 24.8 Å². The maximum atomic E-state index is 12.7. The summed E-state index contributed by atoms with van der Waals surface area (Å²) in [5, 5.41) is 11.5. The summed E-state index contributed by atoms with van der Waals surface area (Å²) in [5.74, 6) is 1.02. The van der Waals surface area contributed by atoms with Crippen LogP contribution >= 0.6 is 0 Å². The number of carbonyl (C=O) groups excluding carboxylic acids is 1. The molecule has 130 valence electrons. The van der Waals surface area contributed by atoms with E-state index in [9.17, 15) is 4.79 Å². The van der Waals surface area contributed by atoms with Gasteiger partial charge in [0, 0.05) is 44.4 Å². The lowest BCUT2D eigenvalue weighted by Gasteiger charge is -2.24. The second-order valence-electron chi connectivity index (χ2n) is 7.55. The molecule has 1 aliphatic heterocycles. The van der Waals surface area contributed by atoms with Crippen molar-refractivity contribution in [1.29, 1.82) is 0 Å². The first-order valence-electron chi connectivity index (χ1n) is 8.36. The Balaban J connectivity index is 1.74. The van der Waals surface area contributed by atoms with E-state index in [4.69, 9.17) is 0 Å². The second kappa shape index (κ2) is 5.96. The smallest absolute Gasteiger partial charge is 0.323 e. The summed E-state index contributed by atoms with van der Waals surface area (Å²) in [7, 11) is 1.92. The summed E-state index contributed by atoms with van der Waals surface area (Å²) >= 11 is 0. The van der Waals surface area contributed by atoms with Gasteiger partial charge in [0.2, 0.25) is 0 Å². The highest BCUT2D eigenvalue weighted by atomic mass is 16.2. The van der Waals surface area contributed by atoms with Crippen LogP contribution in [0.15, 0.2) is 24.7 Å². The van der Waals surface area contributed by atoms with Gasteiger partial charge < -0.3 is 4.90 Å². The van der Waals surface area contributed by atoms with Gasteiger partial charge in [-0.1, -0.05) is 13.8 Å². The van der Waals surface area contributed by atoms with Gasteiger partial charge >= 0.3 is 6.03 Å². The molecule has 1 fully saturated rings. The van der Waals surface area contributed by atoms with Gasteiger partial charge in [0.15, 0.2) is 0 Å². The Bertz CT molecular complexity index is 729. The Hall–Kier alpha value is -2.31. The van der Waals surface area contributed by atoms with Crippen LogP contribution in [0.2, 0.25) is 0 Å². The SMILES string of the molecule is CC(C)n1nccc1NC(=O)N1CC(c2cnn(C)c2)C(C)(C)C1. The van der Waals surface area contributed by atoms with E-state index in [1.165, 1.54) is 5.56 Å². The normalized spacial score (nSPS) is 19.9. The number of aromatic nitrogens is 4. The maximum Gasteiger partial charge on any atom is 0.323 e. The van der Waals surface area contributed by atoms with Crippen molar-refractivity contribution in [3.8, 4) is 0 Å². The highest BCUT2D eigenvalue weighted by Gasteiger charge is 2.42. The van der Waals surface area contributed by atoms with Gasteiger partial charge in [-0.15, -0.1) is 0 Å². The minimum absolute atomic E-state index is 0.0126. The lowest BCUT2D eigenvalue weighted by atomic mass is 9.79. The second-order valence-corrected chi connectivity index (χ2v) is 7.55. The van der Waals surface area contributed by atoms with Gasteiger partial charge in [0.1, 0.15) is 5.82 Å². The van der Waals surface area contributed by atoms with E-state index in [2.05, 4.69) is 29.4 Å². The molecule has 2 amide bonds. The summed E-state index contributed by atoms with van der Waals surface area (Å²) in [6.45, 7) is 9.90. The van der Waals surface area contributed by atoms with E-state index in [-0.39, 0.29) is 23.4 Å². The average molecular weight is 330 g/mol. The lowest BCUT2D eigenvalue weighted by molar-refractivity contribution is 0.216. The molecule has 1 atom stereocenters. The quantitative estimate of drug-likeness (QED) is 0.941. The molecular formula is C17H26N6O. The van der Waals surface area contributed by atoms with E-state index in [0.29, 0.717) is 13.1 Å². The average Bonchev–Trinajstić information content (AvgIpc) is 3.17. The van der Waals surface area contributed by atoms with Gasteiger partial charge in [0.05, 0.1) is 12.4 Å². The number of hydrogen-bond donors (Lipinski definition) is 1. The van der Waals surface area contributed by atoms with Crippen molar-refractivity contribution in [2.75, 3.05) is 18.4 Å². The molecule has 1 saturated heterocycles. The molecule has 3 heterocycles. The topological polar surface area (TPSA) is 68.0 Å². The van der Waals surface area contributed by atoms with Crippen molar-refractivity contribution in [1.82, 2.24) is 24.5 Å². The number of aryl methyl sites for hydroxylation is 1. The predicted molar refractivity (Wildman–Crippen MR) is 92.9 cm³/mol. The summed E-state index contributed by atoms with van der Waals surface area (Å²) in [5.41, 5.74) is 1.20. The fraction of sp³-hybridized carbons (Fsp3) is 0.588. The molecular weight excluding hydrogens is 304 g/mol. The van der Waals surface area contributed by atoms with Crippen LogP contribution in [-0.2, 0) is 7.05 Å². The molecule has 1 unspecified atom stereocenters. The summed E-state index contributed by atoms with van der Waals surface area (Å²) < 4.78 is 3.63. The van der Waals surface area contributed by atoms with Gasteiger partial charge in [0.25, 0.3) is 0 Å². The first-order chi connectivity index (χ1) is 11.3. The molecule has 24 heavy (non-hydrogen) atoms. The van der Waals surface area contributed by atoms with Gasteiger partial charge in [-0.25, -0.2) is 9.48 Å². The molecule has 0 radical (unpaired) electrons. The molecule has 0 bridgehead atoms. The summed E-state index contributed by atoms with van der Waals surface area (Å²) in [6, 6.07) is 1.96. The fourth-order valence-electron chi connectivity index (χ4n) is 3.48. The van der Waals surface area contributed by atoms with Crippen molar-refractivity contribution in [2.24, 2.45) is 12.5 Å². The minimum Gasteiger partial charge on any atom is -0.323 e. The third-order valence-electron chi connectivity index (χ3n) is 4.75. The largest absolute Gasteiger partial charge is 0.323 e. The molecule has 0 spiro atoms. The number of nitrogens with one attached hydrogen (secondary N) is 1. The van der Waals surface area contributed by atoms with E-state index < -0.39 is 0 Å². The monoisotopic (exact) mass is 330 g/mol. The molecule has 1 N–H and O–H groups in total. The number of likely N-dealkylation sites (tertiary alicyclic amines) is 1. The predicted octanol–water partition coefficient (Wildman–Crippen LogP) is 2.86. The molecule has 3 rings (SSSR count). The van der Waals surface area contributed by atoms with Crippen LogP contribution in [0.4, 0.5) is 10.6 Å². The lowest BCUT2D eigenvalue weighted by Crippen LogP contribution is -2.34. The molecule has 0 aliphatic carbocycles. The van der Waals surface area contributed by atoms with Crippen molar-refractivity contribution < 1.29 is 4.79 Å². The van der Waals surface area contributed by atoms with Gasteiger partial charge in [-0.3, -0.25) is 10.00 Å². The third kappa shape index (κ3) is 3.02. The first kappa shape index (κ1) is 16.5. The van der Waals surface area contributed by atoms with E-state index in [1.807, 2.05) is 53.6 Å². The summed E-state index contributed by atoms with van der Waals surface area (Å²) in [6.07, 6.45) is 5.66. The maximum absolute atomic E-state index is 12.7. The number of urea groups is 1. The van der Waals surface area contributed by atoms with Crippen LogP contribution in [0.25, 0.3) is 0 Å². The van der Waals surface area contributed by atoms with Crippen molar-refractivity contribution in [2.45, 2.75) is 39.7 Å². The number of carbonyl (C=O) groups is 1. The van der Waals surface area contributed by atoms with E-state index in [1.54, 1.807) is 6.20 Å². The molecule has 2 aromatic rings. The zero-order chi connectivity index (χ0) is 17.5. The van der Waals surface area contributed by atoms with Crippen molar-refractivity contribution in [3.05, 3.63) is 30.2 Å². The number of nitrogens with zero attached hydrogens (tertiary/aromatic N) is 5. The van der Waals surface area contributed by atoms with Crippen LogP contribution in [0.3, 0.4) is 0 Å². The number of amides is 2. The van der Waals surface area contributed by atoms with Crippen LogP contribution in [0, 0.1) is 5.41 Å². The van der Waals surface area contributed by atoms with Crippen LogP contribution < -0.4 is 5.32 Å². The molecule has 0 saturated carbocycles. The van der Waals surface area contributed by atoms with Gasteiger partial charge in [-0.2, -0.15) is 10.2 Å². The Labute approximate surface area is 142 Å². The Morgan fingerprint density at radius 2 is 2.12 bits per heavy atom. The zero-order valence-corrected chi connectivity index (χ0v) is 15.0. The summed E-state index contributed by atoms with van der Waals surface area (Å²) in [4.78, 5) is 14.6. The Morgan fingerprint density at radius 3 is 2.75 bits per heavy atom. The Kier molecular flexibility index (Phi) is 4.11. The minimum atomic E-state index is -0.0723. The number of hydrogen-bond acceptors (Lipinski definition) is 3. The first-order valence-corrected chi connectivity index (χ1v) is 8.36. The molecule has 1 aliphatic rings. The fourth-order valence-corrected chi connectivity index (χ4v) is 3.48. The molecule has 0 aromatic carbocycles. The van der Waals surface area contributed by atoms with Crippen LogP contribution in [-0.4, -0.2) is 43.6 Å². The van der Waals surface area contributed by atoms with Crippen LogP contribution in [0.1, 0.15) is 45.2 Å². The molecule has 7 nitrogen and oxygen atoms in total. The third-order valence-corrected chi connectivity index (χ3v) is 4.75. The van der Waals surface area contributed by atoms with E-state index in [0.717, 1.165) is 5.82 Å². The standard InChI is InChI=1S/C17H26N6O/c1-12(2)23-15(6-7-18-23)20-16(24)22-10-14(17(3,4)11-22)13-8-19-21(5)9-13/h6-9,12,14H,10-11H2,1-5H3,(H,20,24). The van der Waals surface area contributed by atoms with Crippen molar-refractivity contribution >= 4 is 11.8 Å². The Morgan fingerprint density at radius 1 is 1.38 bits per heavy atom. The number of rotatable bonds is 3. The molecule has 7 heteroatoms. The van der Waals surface area contributed by atoms with E-state index >= 15 is 0 Å². The van der Waals surface area contributed by atoms with Crippen molar-refractivity contribution in [3.63, 3.8) is 0 Å². The highest BCUT2D eigenvalue weighted by molar-refractivity contribution is 5.88. The van der Waals surface area contributed by atoms with Crippen LogP contribution in [0.5, 0.6) is 0 Å². The zero-order valence-electron chi connectivity index (χ0n) is 15.0. The highest BCUT2D eigenvalue weighted by Crippen LogP contribution is 2.42. The number of anilines is 1. The molecule has 2 aromatic heterocycles.